The molecule has 1 amide bonds. The van der Waals surface area contributed by atoms with E-state index in [9.17, 15) is 9.18 Å². The van der Waals surface area contributed by atoms with Crippen LogP contribution in [0.3, 0.4) is 0 Å². The number of anilines is 1. The van der Waals surface area contributed by atoms with E-state index in [4.69, 9.17) is 9.47 Å². The van der Waals surface area contributed by atoms with Gasteiger partial charge in [-0.1, -0.05) is 0 Å². The van der Waals surface area contributed by atoms with Crippen LogP contribution in [0, 0.1) is 5.82 Å². The minimum absolute atomic E-state index is 0.0501. The van der Waals surface area contributed by atoms with Gasteiger partial charge in [0.2, 0.25) is 0 Å². The minimum Gasteiger partial charge on any atom is -0.497 e. The first-order valence-electron chi connectivity index (χ1n) is 6.03. The van der Waals surface area contributed by atoms with Crippen LogP contribution in [0.1, 0.15) is 10.4 Å². The smallest absolute Gasteiger partial charge is 0.257 e. The second-order valence-electron chi connectivity index (χ2n) is 4.15. The highest BCUT2D eigenvalue weighted by Gasteiger charge is 2.14. The molecule has 2 aromatic rings. The number of hydrogen-bond acceptors (Lipinski definition) is 3. The molecule has 0 fully saturated rings. The number of carbonyl (C=O) groups is 1. The lowest BCUT2D eigenvalue weighted by atomic mass is 10.2. The summed E-state index contributed by atoms with van der Waals surface area (Å²) in [4.78, 5) is 12.3. The molecule has 2 rings (SSSR count). The second-order valence-corrected chi connectivity index (χ2v) is 5.00. The van der Waals surface area contributed by atoms with E-state index < -0.39 is 11.7 Å². The van der Waals surface area contributed by atoms with Gasteiger partial charge in [-0.25, -0.2) is 4.39 Å². The van der Waals surface area contributed by atoms with Crippen LogP contribution < -0.4 is 14.8 Å². The maximum absolute atomic E-state index is 13.7. The number of amides is 1. The van der Waals surface area contributed by atoms with Crippen molar-refractivity contribution in [3.05, 3.63) is 52.3 Å². The Morgan fingerprint density at radius 2 is 1.71 bits per heavy atom. The van der Waals surface area contributed by atoms with Gasteiger partial charge in [0.05, 0.1) is 25.5 Å². The van der Waals surface area contributed by atoms with Crippen molar-refractivity contribution in [3.63, 3.8) is 0 Å². The van der Waals surface area contributed by atoms with Crippen LogP contribution in [0.25, 0.3) is 0 Å². The Bertz CT molecular complexity index is 676. The molecule has 0 heterocycles. The van der Waals surface area contributed by atoms with Gasteiger partial charge in [-0.05, 0) is 46.3 Å². The van der Waals surface area contributed by atoms with E-state index in [0.29, 0.717) is 21.5 Å². The summed E-state index contributed by atoms with van der Waals surface area (Å²) in [7, 11) is 2.98. The second kappa shape index (κ2) is 6.58. The quantitative estimate of drug-likeness (QED) is 0.907. The summed E-state index contributed by atoms with van der Waals surface area (Å²) >= 11 is 3.29. The van der Waals surface area contributed by atoms with Crippen LogP contribution in [0.5, 0.6) is 11.5 Å². The van der Waals surface area contributed by atoms with Gasteiger partial charge in [0, 0.05) is 10.5 Å². The lowest BCUT2D eigenvalue weighted by Gasteiger charge is -2.10. The molecule has 0 aliphatic heterocycles. The Morgan fingerprint density at radius 1 is 1.10 bits per heavy atom. The number of hydrogen-bond donors (Lipinski definition) is 1. The van der Waals surface area contributed by atoms with Gasteiger partial charge >= 0.3 is 0 Å². The Balaban J connectivity index is 2.29. The lowest BCUT2D eigenvalue weighted by molar-refractivity contribution is 0.102. The van der Waals surface area contributed by atoms with Crippen molar-refractivity contribution >= 4 is 27.5 Å². The van der Waals surface area contributed by atoms with E-state index >= 15 is 0 Å². The lowest BCUT2D eigenvalue weighted by Crippen LogP contribution is -2.14. The fourth-order valence-electron chi connectivity index (χ4n) is 1.72. The van der Waals surface area contributed by atoms with E-state index in [1.54, 1.807) is 18.2 Å². The maximum Gasteiger partial charge on any atom is 0.257 e. The van der Waals surface area contributed by atoms with Gasteiger partial charge in [0.25, 0.3) is 5.91 Å². The number of rotatable bonds is 4. The number of halogens is 2. The summed E-state index contributed by atoms with van der Waals surface area (Å²) in [5, 5.41) is 2.51. The molecule has 0 radical (unpaired) electrons. The van der Waals surface area contributed by atoms with E-state index in [1.807, 2.05) is 0 Å². The van der Waals surface area contributed by atoms with E-state index in [-0.39, 0.29) is 5.69 Å². The number of methoxy groups -OCH3 is 2. The molecule has 0 saturated carbocycles. The first kappa shape index (κ1) is 15.3. The van der Waals surface area contributed by atoms with Crippen LogP contribution in [0.2, 0.25) is 0 Å². The molecule has 6 heteroatoms. The molecule has 0 bridgehead atoms. The average Bonchev–Trinajstić information content (AvgIpc) is 2.49. The van der Waals surface area contributed by atoms with Crippen molar-refractivity contribution in [1.29, 1.82) is 0 Å². The van der Waals surface area contributed by atoms with Gasteiger partial charge in [-0.15, -0.1) is 0 Å². The molecule has 0 spiro atoms. The molecular formula is C15H13BrFNO3. The molecule has 0 atom stereocenters. The highest BCUT2D eigenvalue weighted by molar-refractivity contribution is 9.10. The standard InChI is InChI=1S/C15H13BrFNO3/c1-20-9-3-5-12(16)11(7-9)15(19)18-14-8-10(21-2)4-6-13(14)17/h3-8H,1-2H3,(H,18,19). The van der Waals surface area contributed by atoms with Gasteiger partial charge in [-0.2, -0.15) is 0 Å². The van der Waals surface area contributed by atoms with Crippen molar-refractivity contribution < 1.29 is 18.7 Å². The van der Waals surface area contributed by atoms with Crippen molar-refractivity contribution in [3.8, 4) is 11.5 Å². The van der Waals surface area contributed by atoms with Crippen LogP contribution >= 0.6 is 15.9 Å². The van der Waals surface area contributed by atoms with Crippen molar-refractivity contribution in [2.75, 3.05) is 19.5 Å². The summed E-state index contributed by atoms with van der Waals surface area (Å²) in [6.07, 6.45) is 0. The molecule has 1 N–H and O–H groups in total. The maximum atomic E-state index is 13.7. The number of carbonyl (C=O) groups excluding carboxylic acids is 1. The van der Waals surface area contributed by atoms with Gasteiger partial charge < -0.3 is 14.8 Å². The van der Waals surface area contributed by atoms with Crippen LogP contribution in [-0.4, -0.2) is 20.1 Å². The first-order chi connectivity index (χ1) is 10.0. The van der Waals surface area contributed by atoms with Crippen molar-refractivity contribution in [1.82, 2.24) is 0 Å². The van der Waals surface area contributed by atoms with Crippen LogP contribution in [0.4, 0.5) is 10.1 Å². The zero-order valence-corrected chi connectivity index (χ0v) is 13.0. The van der Waals surface area contributed by atoms with E-state index in [0.717, 1.165) is 0 Å². The Kier molecular flexibility index (Phi) is 4.80. The average molecular weight is 354 g/mol. The van der Waals surface area contributed by atoms with Crippen LogP contribution in [0.15, 0.2) is 40.9 Å². The zero-order valence-electron chi connectivity index (χ0n) is 11.4. The molecule has 4 nitrogen and oxygen atoms in total. The third-order valence-electron chi connectivity index (χ3n) is 2.84. The first-order valence-corrected chi connectivity index (χ1v) is 6.83. The molecule has 0 aliphatic rings. The largest absolute Gasteiger partial charge is 0.497 e. The Hall–Kier alpha value is -2.08. The van der Waals surface area contributed by atoms with E-state index in [1.165, 1.54) is 32.4 Å². The molecule has 0 unspecified atom stereocenters. The van der Waals surface area contributed by atoms with Crippen LogP contribution in [-0.2, 0) is 0 Å². The van der Waals surface area contributed by atoms with E-state index in [2.05, 4.69) is 21.2 Å². The molecule has 0 saturated heterocycles. The zero-order chi connectivity index (χ0) is 15.4. The highest BCUT2D eigenvalue weighted by atomic mass is 79.9. The summed E-state index contributed by atoms with van der Waals surface area (Å²) in [5.41, 5.74) is 0.394. The summed E-state index contributed by atoms with van der Waals surface area (Å²) < 4.78 is 24.4. The van der Waals surface area contributed by atoms with Gasteiger partial charge in [0.1, 0.15) is 17.3 Å². The number of ether oxygens (including phenoxy) is 2. The Morgan fingerprint density at radius 3 is 2.38 bits per heavy atom. The molecule has 110 valence electrons. The predicted octanol–water partition coefficient (Wildman–Crippen LogP) is 3.86. The van der Waals surface area contributed by atoms with Crippen molar-refractivity contribution in [2.24, 2.45) is 0 Å². The highest BCUT2D eigenvalue weighted by Crippen LogP contribution is 2.25. The van der Waals surface area contributed by atoms with Crippen molar-refractivity contribution in [2.45, 2.75) is 0 Å². The van der Waals surface area contributed by atoms with Gasteiger partial charge in [-0.3, -0.25) is 4.79 Å². The molecule has 21 heavy (non-hydrogen) atoms. The molecule has 0 aromatic heterocycles. The third kappa shape index (κ3) is 3.52. The number of nitrogens with one attached hydrogen (secondary N) is 1. The fourth-order valence-corrected chi connectivity index (χ4v) is 2.15. The Labute approximate surface area is 130 Å². The predicted molar refractivity (Wildman–Crippen MR) is 81.6 cm³/mol. The summed E-state index contributed by atoms with van der Waals surface area (Å²) in [6, 6.07) is 9.10. The minimum atomic E-state index is -0.539. The molecule has 2 aromatic carbocycles. The SMILES string of the molecule is COc1ccc(F)c(NC(=O)c2cc(OC)ccc2Br)c1. The summed E-state index contributed by atoms with van der Waals surface area (Å²) in [6.45, 7) is 0. The van der Waals surface area contributed by atoms with Gasteiger partial charge in [0.15, 0.2) is 0 Å². The monoisotopic (exact) mass is 353 g/mol. The molecule has 0 aliphatic carbocycles. The number of benzene rings is 2. The fraction of sp³-hybridized carbons (Fsp3) is 0.133. The third-order valence-corrected chi connectivity index (χ3v) is 3.53. The topological polar surface area (TPSA) is 47.6 Å². The normalized spacial score (nSPS) is 10.1. The summed E-state index contributed by atoms with van der Waals surface area (Å²) in [5.74, 6) is 0.00182. The molecular weight excluding hydrogens is 341 g/mol.